The Bertz CT molecular complexity index is 594. The maximum atomic E-state index is 11.6. The number of amides is 2. The summed E-state index contributed by atoms with van der Waals surface area (Å²) in [6.45, 7) is 2.00. The fourth-order valence-corrected chi connectivity index (χ4v) is 1.89. The van der Waals surface area contributed by atoms with E-state index >= 15 is 0 Å². The Hall–Kier alpha value is -2.62. The van der Waals surface area contributed by atoms with Crippen LogP contribution in [0.4, 0.5) is 10.5 Å². The molecule has 0 aliphatic heterocycles. The number of nitrogens with two attached hydrogens (primary N) is 1. The van der Waals surface area contributed by atoms with Gasteiger partial charge in [-0.05, 0) is 24.1 Å². The molecule has 0 fully saturated rings. The zero-order chi connectivity index (χ0) is 14.4. The van der Waals surface area contributed by atoms with Gasteiger partial charge in [0.05, 0.1) is 11.4 Å². The molecule has 0 radical (unpaired) electrons. The SMILES string of the molecule is CC/C(=N\N(C(N)=O)c1ccccc1)c1ccccc1. The van der Waals surface area contributed by atoms with Gasteiger partial charge in [-0.25, -0.2) is 4.79 Å². The van der Waals surface area contributed by atoms with Crippen LogP contribution >= 0.6 is 0 Å². The first-order valence-corrected chi connectivity index (χ1v) is 6.50. The number of hydrogen-bond acceptors (Lipinski definition) is 2. The molecule has 0 aromatic heterocycles. The number of hydrazone groups is 1. The standard InChI is InChI=1S/C16H17N3O/c1-2-15(13-9-5-3-6-10-13)18-19(16(17)20)14-11-7-4-8-12-14/h3-12H,2H2,1H3,(H2,17,20)/b18-15+. The topological polar surface area (TPSA) is 58.7 Å². The molecule has 0 unspecified atom stereocenters. The Kier molecular flexibility index (Phi) is 4.50. The van der Waals surface area contributed by atoms with Gasteiger partial charge in [-0.3, -0.25) is 0 Å². The Balaban J connectivity index is 2.40. The van der Waals surface area contributed by atoms with Crippen molar-refractivity contribution in [1.82, 2.24) is 0 Å². The highest BCUT2D eigenvalue weighted by Crippen LogP contribution is 2.15. The first-order valence-electron chi connectivity index (χ1n) is 6.50. The molecule has 0 atom stereocenters. The molecular weight excluding hydrogens is 250 g/mol. The lowest BCUT2D eigenvalue weighted by molar-refractivity contribution is 0.254. The summed E-state index contributed by atoms with van der Waals surface area (Å²) in [6, 6.07) is 18.3. The molecule has 2 rings (SSSR count). The van der Waals surface area contributed by atoms with Crippen LogP contribution < -0.4 is 10.7 Å². The van der Waals surface area contributed by atoms with Gasteiger partial charge in [0.1, 0.15) is 0 Å². The highest BCUT2D eigenvalue weighted by Gasteiger charge is 2.12. The van der Waals surface area contributed by atoms with Crippen LogP contribution in [0.15, 0.2) is 65.8 Å². The molecule has 102 valence electrons. The van der Waals surface area contributed by atoms with Gasteiger partial charge in [0.15, 0.2) is 0 Å². The molecule has 2 N–H and O–H groups in total. The normalized spacial score (nSPS) is 11.2. The van der Waals surface area contributed by atoms with Crippen molar-refractivity contribution in [3.05, 3.63) is 66.2 Å². The molecule has 4 nitrogen and oxygen atoms in total. The molecule has 2 aromatic carbocycles. The molecule has 20 heavy (non-hydrogen) atoms. The van der Waals surface area contributed by atoms with E-state index in [1.807, 2.05) is 55.5 Å². The quantitative estimate of drug-likeness (QED) is 0.670. The maximum Gasteiger partial charge on any atom is 0.340 e. The van der Waals surface area contributed by atoms with E-state index < -0.39 is 6.03 Å². The second kappa shape index (κ2) is 6.52. The Morgan fingerprint density at radius 3 is 2.10 bits per heavy atom. The number of para-hydroxylation sites is 1. The number of primary amides is 1. The highest BCUT2D eigenvalue weighted by atomic mass is 16.2. The van der Waals surface area contributed by atoms with E-state index in [1.165, 1.54) is 5.01 Å². The lowest BCUT2D eigenvalue weighted by atomic mass is 10.1. The van der Waals surface area contributed by atoms with Crippen LogP contribution in [-0.2, 0) is 0 Å². The second-order valence-corrected chi connectivity index (χ2v) is 4.25. The van der Waals surface area contributed by atoms with Crippen molar-refractivity contribution >= 4 is 17.4 Å². The molecule has 2 amide bonds. The van der Waals surface area contributed by atoms with Gasteiger partial charge < -0.3 is 5.73 Å². The third-order valence-electron chi connectivity index (χ3n) is 2.87. The molecule has 0 aliphatic rings. The van der Waals surface area contributed by atoms with E-state index in [0.29, 0.717) is 12.1 Å². The van der Waals surface area contributed by atoms with E-state index in [-0.39, 0.29) is 0 Å². The van der Waals surface area contributed by atoms with Crippen LogP contribution in [0, 0.1) is 0 Å². The summed E-state index contributed by atoms with van der Waals surface area (Å²) in [5, 5.41) is 5.64. The first-order chi connectivity index (χ1) is 9.72. The van der Waals surface area contributed by atoms with Crippen molar-refractivity contribution in [3.63, 3.8) is 0 Å². The first kappa shape index (κ1) is 13.8. The van der Waals surface area contributed by atoms with E-state index in [2.05, 4.69) is 5.10 Å². The second-order valence-electron chi connectivity index (χ2n) is 4.25. The number of anilines is 1. The molecule has 0 spiro atoms. The van der Waals surface area contributed by atoms with Crippen molar-refractivity contribution in [1.29, 1.82) is 0 Å². The molecule has 4 heteroatoms. The molecule has 0 bridgehead atoms. The lowest BCUT2D eigenvalue weighted by Gasteiger charge is -2.16. The minimum atomic E-state index is -0.599. The van der Waals surface area contributed by atoms with Gasteiger partial charge in [0, 0.05) is 0 Å². The summed E-state index contributed by atoms with van der Waals surface area (Å²) >= 11 is 0. The van der Waals surface area contributed by atoms with E-state index in [4.69, 9.17) is 5.73 Å². The number of nitrogens with zero attached hydrogens (tertiary/aromatic N) is 2. The van der Waals surface area contributed by atoms with Crippen molar-refractivity contribution in [3.8, 4) is 0 Å². The van der Waals surface area contributed by atoms with Crippen molar-refractivity contribution in [2.45, 2.75) is 13.3 Å². The number of rotatable bonds is 4. The summed E-state index contributed by atoms with van der Waals surface area (Å²) < 4.78 is 0. The van der Waals surface area contributed by atoms with Gasteiger partial charge >= 0.3 is 6.03 Å². The van der Waals surface area contributed by atoms with Crippen LogP contribution in [0.3, 0.4) is 0 Å². The summed E-state index contributed by atoms with van der Waals surface area (Å²) in [5.74, 6) is 0. The van der Waals surface area contributed by atoms with Gasteiger partial charge in [-0.2, -0.15) is 10.1 Å². The van der Waals surface area contributed by atoms with Gasteiger partial charge in [0.2, 0.25) is 0 Å². The van der Waals surface area contributed by atoms with Crippen LogP contribution in [0.1, 0.15) is 18.9 Å². The Morgan fingerprint density at radius 1 is 1.05 bits per heavy atom. The third-order valence-corrected chi connectivity index (χ3v) is 2.87. The number of urea groups is 1. The lowest BCUT2D eigenvalue weighted by Crippen LogP contribution is -2.32. The molecule has 0 heterocycles. The van der Waals surface area contributed by atoms with Gasteiger partial charge in [-0.15, -0.1) is 0 Å². The fourth-order valence-electron chi connectivity index (χ4n) is 1.89. The van der Waals surface area contributed by atoms with Crippen LogP contribution in [0.25, 0.3) is 0 Å². The number of carbonyl (C=O) groups is 1. The summed E-state index contributed by atoms with van der Waals surface area (Å²) in [7, 11) is 0. The van der Waals surface area contributed by atoms with Crippen molar-refractivity contribution in [2.24, 2.45) is 10.8 Å². The number of carbonyl (C=O) groups excluding carboxylic acids is 1. The van der Waals surface area contributed by atoms with Gasteiger partial charge in [-0.1, -0.05) is 55.5 Å². The minimum Gasteiger partial charge on any atom is -0.350 e. The Labute approximate surface area is 118 Å². The highest BCUT2D eigenvalue weighted by molar-refractivity contribution is 6.03. The van der Waals surface area contributed by atoms with Crippen molar-refractivity contribution < 1.29 is 4.79 Å². The van der Waals surface area contributed by atoms with Crippen molar-refractivity contribution in [2.75, 3.05) is 5.01 Å². The summed E-state index contributed by atoms with van der Waals surface area (Å²) in [6.07, 6.45) is 0.709. The predicted molar refractivity (Wildman–Crippen MR) is 81.8 cm³/mol. The largest absolute Gasteiger partial charge is 0.350 e. The average Bonchev–Trinajstić information content (AvgIpc) is 2.50. The average molecular weight is 267 g/mol. The number of hydrogen-bond donors (Lipinski definition) is 1. The minimum absolute atomic E-state index is 0.599. The third kappa shape index (κ3) is 3.23. The fraction of sp³-hybridized carbons (Fsp3) is 0.125. The Morgan fingerprint density at radius 2 is 1.60 bits per heavy atom. The summed E-state index contributed by atoms with van der Waals surface area (Å²) in [5.41, 5.74) is 7.88. The molecule has 0 saturated heterocycles. The van der Waals surface area contributed by atoms with E-state index in [1.54, 1.807) is 12.1 Å². The zero-order valence-corrected chi connectivity index (χ0v) is 11.4. The predicted octanol–water partition coefficient (Wildman–Crippen LogP) is 3.39. The van der Waals surface area contributed by atoms with E-state index in [0.717, 1.165) is 11.3 Å². The van der Waals surface area contributed by atoms with E-state index in [9.17, 15) is 4.79 Å². The van der Waals surface area contributed by atoms with Crippen LogP contribution in [-0.4, -0.2) is 11.7 Å². The van der Waals surface area contributed by atoms with Gasteiger partial charge in [0.25, 0.3) is 0 Å². The summed E-state index contributed by atoms with van der Waals surface area (Å²) in [4.78, 5) is 11.6. The number of benzene rings is 2. The molecule has 2 aromatic rings. The van der Waals surface area contributed by atoms with Crippen LogP contribution in [0.2, 0.25) is 0 Å². The monoisotopic (exact) mass is 267 g/mol. The van der Waals surface area contributed by atoms with Crippen LogP contribution in [0.5, 0.6) is 0 Å². The smallest absolute Gasteiger partial charge is 0.340 e. The maximum absolute atomic E-state index is 11.6. The molecule has 0 aliphatic carbocycles. The molecule has 0 saturated carbocycles. The zero-order valence-electron chi connectivity index (χ0n) is 11.4. The molecular formula is C16H17N3O.